The molecule has 0 unspecified atom stereocenters. The number of hydrogen-bond acceptors (Lipinski definition) is 8. The SMILES string of the molecule is CCOc1cc(C=Nn2c(-c3cc4cc(Br)ccc4o3)nc3ccccc3c2=O)cc([N+](=O)[O-])c1OCc1ccc(Cl)c(Cl)c1. The molecule has 45 heavy (non-hydrogen) atoms. The Labute approximate surface area is 273 Å². The normalized spacial score (nSPS) is 11.5. The second-order valence-corrected chi connectivity index (χ2v) is 11.4. The van der Waals surface area contributed by atoms with E-state index in [4.69, 9.17) is 37.1 Å². The molecule has 10 nitrogen and oxygen atoms in total. The van der Waals surface area contributed by atoms with E-state index in [1.807, 2.05) is 12.1 Å². The van der Waals surface area contributed by atoms with Crippen molar-refractivity contribution in [1.82, 2.24) is 9.66 Å². The van der Waals surface area contributed by atoms with Crippen molar-refractivity contribution in [2.75, 3.05) is 6.61 Å². The van der Waals surface area contributed by atoms with Gasteiger partial charge in [-0.25, -0.2) is 4.98 Å². The Morgan fingerprint density at radius 1 is 1.04 bits per heavy atom. The van der Waals surface area contributed by atoms with Crippen LogP contribution >= 0.6 is 39.1 Å². The Morgan fingerprint density at radius 3 is 2.64 bits per heavy atom. The highest BCUT2D eigenvalue weighted by Gasteiger charge is 2.23. The zero-order valence-corrected chi connectivity index (χ0v) is 26.5. The maximum Gasteiger partial charge on any atom is 0.315 e. The van der Waals surface area contributed by atoms with E-state index in [0.29, 0.717) is 37.9 Å². The summed E-state index contributed by atoms with van der Waals surface area (Å²) in [5, 5.41) is 18.4. The maximum absolute atomic E-state index is 13.7. The van der Waals surface area contributed by atoms with Gasteiger partial charge in [0, 0.05) is 21.5 Å². The quantitative estimate of drug-likeness (QED) is 0.0837. The number of nitro benzene ring substituents is 1. The molecule has 0 saturated heterocycles. The molecule has 0 aliphatic carbocycles. The van der Waals surface area contributed by atoms with Gasteiger partial charge in [0.2, 0.25) is 11.6 Å². The largest absolute Gasteiger partial charge is 0.490 e. The van der Waals surface area contributed by atoms with E-state index in [0.717, 1.165) is 14.5 Å². The fraction of sp³-hybridized carbons (Fsp3) is 0.0938. The number of aromatic nitrogens is 2. The molecular weight excluding hydrogens is 687 g/mol. The Balaban J connectivity index is 1.44. The van der Waals surface area contributed by atoms with E-state index in [1.54, 1.807) is 67.6 Å². The predicted molar refractivity (Wildman–Crippen MR) is 177 cm³/mol. The van der Waals surface area contributed by atoms with Gasteiger partial charge >= 0.3 is 5.69 Å². The number of halogens is 3. The van der Waals surface area contributed by atoms with Crippen LogP contribution in [-0.4, -0.2) is 27.4 Å². The van der Waals surface area contributed by atoms with E-state index in [1.165, 1.54) is 12.3 Å². The van der Waals surface area contributed by atoms with Crippen LogP contribution in [0.25, 0.3) is 33.5 Å². The van der Waals surface area contributed by atoms with Crippen molar-refractivity contribution in [1.29, 1.82) is 0 Å². The minimum absolute atomic E-state index is 0.0270. The minimum Gasteiger partial charge on any atom is -0.490 e. The van der Waals surface area contributed by atoms with Gasteiger partial charge in [-0.3, -0.25) is 14.9 Å². The highest BCUT2D eigenvalue weighted by Crippen LogP contribution is 2.39. The Bertz CT molecular complexity index is 2200. The summed E-state index contributed by atoms with van der Waals surface area (Å²) < 4.78 is 19.6. The molecule has 0 spiro atoms. The molecule has 0 aliphatic heterocycles. The molecule has 0 fully saturated rings. The van der Waals surface area contributed by atoms with Crippen LogP contribution < -0.4 is 15.0 Å². The van der Waals surface area contributed by atoms with Gasteiger partial charge in [0.1, 0.15) is 12.2 Å². The van der Waals surface area contributed by atoms with Gasteiger partial charge in [-0.15, -0.1) is 0 Å². The van der Waals surface area contributed by atoms with Crippen molar-refractivity contribution < 1.29 is 18.8 Å². The Hall–Kier alpha value is -4.71. The van der Waals surface area contributed by atoms with Crippen molar-refractivity contribution in [2.24, 2.45) is 5.10 Å². The summed E-state index contributed by atoms with van der Waals surface area (Å²) in [5.74, 6) is 0.530. The molecule has 0 saturated carbocycles. The van der Waals surface area contributed by atoms with Crippen LogP contribution in [0.15, 0.2) is 97.6 Å². The van der Waals surface area contributed by atoms with Crippen molar-refractivity contribution in [2.45, 2.75) is 13.5 Å². The lowest BCUT2D eigenvalue weighted by molar-refractivity contribution is -0.386. The van der Waals surface area contributed by atoms with Crippen molar-refractivity contribution in [3.8, 4) is 23.1 Å². The molecule has 6 rings (SSSR count). The lowest BCUT2D eigenvalue weighted by Gasteiger charge is -2.13. The molecule has 0 amide bonds. The highest BCUT2D eigenvalue weighted by molar-refractivity contribution is 9.10. The summed E-state index contributed by atoms with van der Waals surface area (Å²) in [6.07, 6.45) is 1.32. The second-order valence-electron chi connectivity index (χ2n) is 9.70. The van der Waals surface area contributed by atoms with Crippen LogP contribution in [0, 0.1) is 10.1 Å². The lowest BCUT2D eigenvalue weighted by Crippen LogP contribution is -2.20. The fourth-order valence-corrected chi connectivity index (χ4v) is 5.35. The predicted octanol–water partition coefficient (Wildman–Crippen LogP) is 8.65. The van der Waals surface area contributed by atoms with Crippen molar-refractivity contribution in [3.63, 3.8) is 0 Å². The average Bonchev–Trinajstić information content (AvgIpc) is 3.44. The summed E-state index contributed by atoms with van der Waals surface area (Å²) in [6, 6.07) is 21.9. The van der Waals surface area contributed by atoms with E-state index in [-0.39, 0.29) is 41.8 Å². The average molecular weight is 708 g/mol. The summed E-state index contributed by atoms with van der Waals surface area (Å²) in [4.78, 5) is 29.9. The van der Waals surface area contributed by atoms with Gasteiger partial charge in [0.15, 0.2) is 11.5 Å². The number of nitrogens with zero attached hydrogens (tertiary/aromatic N) is 4. The van der Waals surface area contributed by atoms with Crippen LogP contribution in [0.5, 0.6) is 11.5 Å². The van der Waals surface area contributed by atoms with Gasteiger partial charge in [0.25, 0.3) is 5.56 Å². The summed E-state index contributed by atoms with van der Waals surface area (Å²) >= 11 is 15.6. The van der Waals surface area contributed by atoms with Gasteiger partial charge in [0.05, 0.1) is 38.7 Å². The van der Waals surface area contributed by atoms with Crippen molar-refractivity contribution >= 4 is 72.9 Å². The fourth-order valence-electron chi connectivity index (χ4n) is 4.65. The first-order valence-corrected chi connectivity index (χ1v) is 15.0. The van der Waals surface area contributed by atoms with Gasteiger partial charge in [-0.2, -0.15) is 9.78 Å². The standard InChI is InChI=1S/C32H21BrCl2N4O6/c1-2-43-28-13-19(12-26(39(41)42)30(28)44-17-18-7-9-23(34)24(35)11-18)16-36-38-31(37-25-6-4-3-5-22(25)32(38)40)29-15-20-14-21(33)8-10-27(20)45-29/h3-16H,2,17H2,1H3. The molecule has 6 aromatic rings. The molecule has 0 bridgehead atoms. The van der Waals surface area contributed by atoms with Gasteiger partial charge in [-0.05, 0) is 67.1 Å². The first kappa shape index (κ1) is 30.3. The molecule has 0 radical (unpaired) electrons. The van der Waals surface area contributed by atoms with Crippen LogP contribution in [0.2, 0.25) is 10.0 Å². The topological polar surface area (TPSA) is 122 Å². The molecule has 2 heterocycles. The number of rotatable bonds is 9. The molecule has 4 aromatic carbocycles. The maximum atomic E-state index is 13.7. The first-order valence-electron chi connectivity index (χ1n) is 13.5. The Morgan fingerprint density at radius 2 is 1.87 bits per heavy atom. The molecule has 0 atom stereocenters. The van der Waals surface area contributed by atoms with Crippen LogP contribution in [-0.2, 0) is 6.61 Å². The Kier molecular flexibility index (Phi) is 8.57. The highest BCUT2D eigenvalue weighted by atomic mass is 79.9. The third-order valence-corrected chi connectivity index (χ3v) is 7.93. The first-order chi connectivity index (χ1) is 21.7. The number of para-hydroxylation sites is 1. The molecule has 2 aromatic heterocycles. The lowest BCUT2D eigenvalue weighted by atomic mass is 10.1. The van der Waals surface area contributed by atoms with Gasteiger partial charge in [-0.1, -0.05) is 57.3 Å². The smallest absolute Gasteiger partial charge is 0.315 e. The number of furan rings is 1. The van der Waals surface area contributed by atoms with Crippen molar-refractivity contribution in [3.05, 3.63) is 125 Å². The molecule has 0 aliphatic rings. The van der Waals surface area contributed by atoms with Crippen LogP contribution in [0.4, 0.5) is 5.69 Å². The second kappa shape index (κ2) is 12.7. The third kappa shape index (κ3) is 6.28. The monoisotopic (exact) mass is 706 g/mol. The minimum atomic E-state index is -0.578. The number of nitro groups is 1. The summed E-state index contributed by atoms with van der Waals surface area (Å²) in [6.45, 7) is 1.93. The van der Waals surface area contributed by atoms with Gasteiger partial charge < -0.3 is 13.9 Å². The summed E-state index contributed by atoms with van der Waals surface area (Å²) in [5.41, 5.74) is 1.19. The van der Waals surface area contributed by atoms with Crippen LogP contribution in [0.3, 0.4) is 0 Å². The third-order valence-electron chi connectivity index (χ3n) is 6.70. The van der Waals surface area contributed by atoms with E-state index >= 15 is 0 Å². The molecule has 226 valence electrons. The zero-order chi connectivity index (χ0) is 31.7. The number of hydrogen-bond donors (Lipinski definition) is 0. The van der Waals surface area contributed by atoms with Crippen LogP contribution in [0.1, 0.15) is 18.1 Å². The number of benzene rings is 4. The zero-order valence-electron chi connectivity index (χ0n) is 23.4. The summed E-state index contributed by atoms with van der Waals surface area (Å²) in [7, 11) is 0. The molecule has 0 N–H and O–H groups in total. The van der Waals surface area contributed by atoms with E-state index in [2.05, 4.69) is 26.0 Å². The number of ether oxygens (including phenoxy) is 2. The van der Waals surface area contributed by atoms with E-state index in [9.17, 15) is 14.9 Å². The van der Waals surface area contributed by atoms with E-state index < -0.39 is 10.5 Å². The molecule has 13 heteroatoms. The number of fused-ring (bicyclic) bond motifs is 2. The molecular formula is C32H21BrCl2N4O6.